The van der Waals surface area contributed by atoms with Crippen molar-refractivity contribution in [1.82, 2.24) is 5.32 Å². The van der Waals surface area contributed by atoms with Crippen LogP contribution >= 0.6 is 15.9 Å². The number of nitrogens with two attached hydrogens (primary N) is 1. The predicted molar refractivity (Wildman–Crippen MR) is 82.5 cm³/mol. The molecule has 0 atom stereocenters. The Morgan fingerprint density at radius 1 is 1.10 bits per heavy atom. The van der Waals surface area contributed by atoms with Crippen LogP contribution in [0.3, 0.4) is 0 Å². The molecule has 0 saturated heterocycles. The fourth-order valence-electron chi connectivity index (χ4n) is 1.82. The summed E-state index contributed by atoms with van der Waals surface area (Å²) in [6.45, 7) is 1.03. The van der Waals surface area contributed by atoms with E-state index in [4.69, 9.17) is 5.14 Å². The number of hydrogen-bond donors (Lipinski definition) is 2. The third kappa shape index (κ3) is 4.60. The normalized spacial score (nSPS) is 11.6. The van der Waals surface area contributed by atoms with Crippen LogP contribution < -0.4 is 10.5 Å². The first-order valence-corrected chi connectivity index (χ1v) is 8.46. The first kappa shape index (κ1) is 16.1. The molecule has 0 bridgehead atoms. The number of nitrogens with one attached hydrogen (secondary N) is 1. The van der Waals surface area contributed by atoms with E-state index in [1.165, 1.54) is 24.3 Å². The maximum Gasteiger partial charge on any atom is 0.238 e. The molecule has 0 fully saturated rings. The fraction of sp³-hybridized carbons (Fsp3) is 0.143. The quantitative estimate of drug-likeness (QED) is 0.846. The lowest BCUT2D eigenvalue weighted by Crippen LogP contribution is -2.14. The van der Waals surface area contributed by atoms with Gasteiger partial charge < -0.3 is 5.32 Å². The summed E-state index contributed by atoms with van der Waals surface area (Å²) in [7, 11) is -3.66. The topological polar surface area (TPSA) is 72.2 Å². The van der Waals surface area contributed by atoms with Crippen LogP contribution in [0.4, 0.5) is 4.39 Å². The molecule has 2 aromatic carbocycles. The van der Waals surface area contributed by atoms with E-state index >= 15 is 0 Å². The smallest absolute Gasteiger partial charge is 0.238 e. The highest BCUT2D eigenvalue weighted by atomic mass is 79.9. The number of primary sulfonamides is 1. The van der Waals surface area contributed by atoms with Gasteiger partial charge in [0.15, 0.2) is 0 Å². The Labute approximate surface area is 131 Å². The van der Waals surface area contributed by atoms with E-state index in [-0.39, 0.29) is 10.7 Å². The van der Waals surface area contributed by atoms with Crippen molar-refractivity contribution in [3.8, 4) is 0 Å². The van der Waals surface area contributed by atoms with Gasteiger partial charge >= 0.3 is 0 Å². The molecule has 0 aliphatic heterocycles. The number of sulfonamides is 1. The monoisotopic (exact) mass is 372 g/mol. The summed E-state index contributed by atoms with van der Waals surface area (Å²) < 4.78 is 36.2. The minimum absolute atomic E-state index is 0.0825. The van der Waals surface area contributed by atoms with Gasteiger partial charge in [0.05, 0.1) is 4.90 Å². The van der Waals surface area contributed by atoms with Crippen LogP contribution in [0.2, 0.25) is 0 Å². The lowest BCUT2D eigenvalue weighted by Gasteiger charge is -2.08. The van der Waals surface area contributed by atoms with E-state index in [1.54, 1.807) is 18.2 Å². The van der Waals surface area contributed by atoms with Gasteiger partial charge in [0.2, 0.25) is 10.0 Å². The van der Waals surface area contributed by atoms with E-state index < -0.39 is 10.0 Å². The maximum atomic E-state index is 13.1. The van der Waals surface area contributed by atoms with Gasteiger partial charge in [0, 0.05) is 17.6 Å². The average Bonchev–Trinajstić information content (AvgIpc) is 2.42. The molecule has 0 heterocycles. The van der Waals surface area contributed by atoms with Crippen LogP contribution in [0.15, 0.2) is 51.8 Å². The molecule has 21 heavy (non-hydrogen) atoms. The van der Waals surface area contributed by atoms with Crippen molar-refractivity contribution < 1.29 is 12.8 Å². The van der Waals surface area contributed by atoms with Crippen molar-refractivity contribution in [3.63, 3.8) is 0 Å². The zero-order chi connectivity index (χ0) is 15.5. The van der Waals surface area contributed by atoms with Crippen molar-refractivity contribution in [3.05, 3.63) is 63.9 Å². The molecule has 4 nitrogen and oxygen atoms in total. The van der Waals surface area contributed by atoms with Crippen molar-refractivity contribution in [2.24, 2.45) is 5.14 Å². The van der Waals surface area contributed by atoms with Gasteiger partial charge in [-0.25, -0.2) is 17.9 Å². The van der Waals surface area contributed by atoms with Crippen molar-refractivity contribution >= 4 is 26.0 Å². The van der Waals surface area contributed by atoms with E-state index in [0.29, 0.717) is 13.1 Å². The van der Waals surface area contributed by atoms with Crippen LogP contribution in [-0.4, -0.2) is 8.42 Å². The number of benzene rings is 2. The molecular weight excluding hydrogens is 359 g/mol. The number of halogens is 2. The standard InChI is InChI=1S/C14H14BrFN2O2S/c15-14-6-3-12(16)7-11(14)9-18-8-10-1-4-13(5-2-10)21(17,19)20/h1-7,18H,8-9H2,(H2,17,19,20). The molecular formula is C14H14BrFN2O2S. The molecule has 0 aromatic heterocycles. The summed E-state index contributed by atoms with van der Waals surface area (Å²) in [5.41, 5.74) is 1.73. The van der Waals surface area contributed by atoms with E-state index in [2.05, 4.69) is 21.2 Å². The van der Waals surface area contributed by atoms with Gasteiger partial charge in [-0.15, -0.1) is 0 Å². The van der Waals surface area contributed by atoms with E-state index in [1.807, 2.05) is 0 Å². The van der Waals surface area contributed by atoms with Crippen LogP contribution in [0.5, 0.6) is 0 Å². The Morgan fingerprint density at radius 2 is 1.76 bits per heavy atom. The second-order valence-corrected chi connectivity index (χ2v) is 6.94. The summed E-state index contributed by atoms with van der Waals surface area (Å²) in [4.78, 5) is 0.0825. The van der Waals surface area contributed by atoms with Crippen molar-refractivity contribution in [1.29, 1.82) is 0 Å². The summed E-state index contributed by atoms with van der Waals surface area (Å²) >= 11 is 3.36. The van der Waals surface area contributed by atoms with Gasteiger partial charge in [-0.2, -0.15) is 0 Å². The summed E-state index contributed by atoms with van der Waals surface area (Å²) in [6, 6.07) is 10.8. The SMILES string of the molecule is NS(=O)(=O)c1ccc(CNCc2cc(F)ccc2Br)cc1. The van der Waals surface area contributed by atoms with E-state index in [0.717, 1.165) is 15.6 Å². The third-order valence-corrected chi connectivity index (χ3v) is 4.61. The van der Waals surface area contributed by atoms with Crippen molar-refractivity contribution in [2.75, 3.05) is 0 Å². The average molecular weight is 373 g/mol. The van der Waals surface area contributed by atoms with Crippen molar-refractivity contribution in [2.45, 2.75) is 18.0 Å². The molecule has 2 aromatic rings. The summed E-state index contributed by atoms with van der Waals surface area (Å²) in [5, 5.41) is 8.20. The molecule has 0 amide bonds. The summed E-state index contributed by atoms with van der Waals surface area (Å²) in [6.07, 6.45) is 0. The molecule has 0 aliphatic rings. The van der Waals surface area contributed by atoms with Gasteiger partial charge in [-0.1, -0.05) is 28.1 Å². The lowest BCUT2D eigenvalue weighted by molar-refractivity contribution is 0.597. The third-order valence-electron chi connectivity index (χ3n) is 2.90. The first-order valence-electron chi connectivity index (χ1n) is 6.12. The van der Waals surface area contributed by atoms with Crippen LogP contribution in [0, 0.1) is 5.82 Å². The Morgan fingerprint density at radius 3 is 2.38 bits per heavy atom. The Kier molecular flexibility index (Phi) is 5.10. The van der Waals surface area contributed by atoms with Crippen LogP contribution in [0.1, 0.15) is 11.1 Å². The molecule has 0 unspecified atom stereocenters. The molecule has 112 valence electrons. The first-order chi connectivity index (χ1) is 9.86. The highest BCUT2D eigenvalue weighted by molar-refractivity contribution is 9.10. The summed E-state index contributed by atoms with van der Waals surface area (Å²) in [5.74, 6) is -0.285. The fourth-order valence-corrected chi connectivity index (χ4v) is 2.72. The molecule has 0 aliphatic carbocycles. The Hall–Kier alpha value is -1.28. The predicted octanol–water partition coefficient (Wildman–Crippen LogP) is 2.53. The Bertz CT molecular complexity index is 733. The van der Waals surface area contributed by atoms with Gasteiger partial charge in [0.1, 0.15) is 5.82 Å². The molecule has 3 N–H and O–H groups in total. The van der Waals surface area contributed by atoms with E-state index in [9.17, 15) is 12.8 Å². The lowest BCUT2D eigenvalue weighted by atomic mass is 10.2. The Balaban J connectivity index is 1.96. The molecule has 2 rings (SSSR count). The highest BCUT2D eigenvalue weighted by Crippen LogP contribution is 2.17. The molecule has 0 saturated carbocycles. The molecule has 7 heteroatoms. The number of rotatable bonds is 5. The zero-order valence-electron chi connectivity index (χ0n) is 11.0. The van der Waals surface area contributed by atoms with Crippen LogP contribution in [0.25, 0.3) is 0 Å². The van der Waals surface area contributed by atoms with Crippen LogP contribution in [-0.2, 0) is 23.1 Å². The second kappa shape index (κ2) is 6.65. The van der Waals surface area contributed by atoms with Gasteiger partial charge in [0.25, 0.3) is 0 Å². The minimum atomic E-state index is -3.66. The second-order valence-electron chi connectivity index (χ2n) is 4.53. The van der Waals surface area contributed by atoms with Gasteiger partial charge in [-0.3, -0.25) is 0 Å². The minimum Gasteiger partial charge on any atom is -0.309 e. The largest absolute Gasteiger partial charge is 0.309 e. The zero-order valence-corrected chi connectivity index (χ0v) is 13.4. The number of hydrogen-bond acceptors (Lipinski definition) is 3. The van der Waals surface area contributed by atoms with Gasteiger partial charge in [-0.05, 0) is 41.5 Å². The highest BCUT2D eigenvalue weighted by Gasteiger charge is 2.06. The molecule has 0 radical (unpaired) electrons. The molecule has 0 spiro atoms. The maximum absolute atomic E-state index is 13.1.